The highest BCUT2D eigenvalue weighted by Crippen LogP contribution is 2.33. The molecule has 3 aromatic carbocycles. The lowest BCUT2D eigenvalue weighted by Crippen LogP contribution is -2.37. The van der Waals surface area contributed by atoms with Crippen LogP contribution in [-0.4, -0.2) is 65.0 Å². The van der Waals surface area contributed by atoms with Crippen LogP contribution in [0.2, 0.25) is 0 Å². The van der Waals surface area contributed by atoms with Crippen molar-refractivity contribution in [3.8, 4) is 5.75 Å². The van der Waals surface area contributed by atoms with E-state index in [1.54, 1.807) is 24.1 Å². The van der Waals surface area contributed by atoms with Crippen molar-refractivity contribution in [3.63, 3.8) is 0 Å². The van der Waals surface area contributed by atoms with Gasteiger partial charge in [-0.15, -0.1) is 12.4 Å². The van der Waals surface area contributed by atoms with E-state index in [2.05, 4.69) is 0 Å². The fraction of sp³-hybridized carbons (Fsp3) is 0.286. The lowest BCUT2D eigenvalue weighted by Gasteiger charge is -2.30. The Hall–Kier alpha value is -3.18. The Bertz CT molecular complexity index is 1570. The van der Waals surface area contributed by atoms with Gasteiger partial charge in [0, 0.05) is 31.3 Å². The zero-order chi connectivity index (χ0) is 26.9. The van der Waals surface area contributed by atoms with Crippen molar-refractivity contribution in [3.05, 3.63) is 77.9 Å². The number of amides is 1. The first-order valence-corrected chi connectivity index (χ1v) is 14.7. The van der Waals surface area contributed by atoms with Gasteiger partial charge >= 0.3 is 0 Å². The Balaban J connectivity index is 0.00000353. The second kappa shape index (κ2) is 11.9. The Morgan fingerprint density at radius 1 is 1.05 bits per heavy atom. The quantitative estimate of drug-likeness (QED) is 0.286. The highest BCUT2D eigenvalue weighted by atomic mass is 35.5. The van der Waals surface area contributed by atoms with Crippen LogP contribution in [0.3, 0.4) is 0 Å². The summed E-state index contributed by atoms with van der Waals surface area (Å²) in [7, 11) is 1.75. The molecule has 39 heavy (non-hydrogen) atoms. The number of hydrogen-bond donors (Lipinski definition) is 0. The van der Waals surface area contributed by atoms with Crippen molar-refractivity contribution >= 4 is 60.7 Å². The number of aryl methyl sites for hydroxylation is 1. The number of hydrogen-bond acceptors (Lipinski definition) is 7. The van der Waals surface area contributed by atoms with Gasteiger partial charge in [0.1, 0.15) is 5.75 Å². The predicted molar refractivity (Wildman–Crippen MR) is 159 cm³/mol. The van der Waals surface area contributed by atoms with E-state index < -0.39 is 10.0 Å². The first-order valence-electron chi connectivity index (χ1n) is 12.4. The minimum absolute atomic E-state index is 0. The van der Waals surface area contributed by atoms with Crippen LogP contribution >= 0.6 is 23.7 Å². The van der Waals surface area contributed by atoms with E-state index in [9.17, 15) is 13.2 Å². The van der Waals surface area contributed by atoms with Crippen molar-refractivity contribution in [1.29, 1.82) is 0 Å². The van der Waals surface area contributed by atoms with Crippen molar-refractivity contribution in [1.82, 2.24) is 9.88 Å². The molecule has 1 aromatic heterocycles. The number of anilines is 2. The van der Waals surface area contributed by atoms with Gasteiger partial charge in [0.2, 0.25) is 0 Å². The summed E-state index contributed by atoms with van der Waals surface area (Å²) in [6.45, 7) is 1.51. The number of sulfonamides is 1. The molecule has 206 valence electrons. The van der Waals surface area contributed by atoms with Gasteiger partial charge in [0.15, 0.2) is 5.13 Å². The number of benzene rings is 3. The normalized spacial score (nSPS) is 13.2. The Kier molecular flexibility index (Phi) is 8.80. The predicted octanol–water partition coefficient (Wildman–Crippen LogP) is 5.08. The van der Waals surface area contributed by atoms with Gasteiger partial charge in [-0.2, -0.15) is 0 Å². The summed E-state index contributed by atoms with van der Waals surface area (Å²) >= 11 is 1.44. The standard InChI is InChI=1S/C28H30N4O4S2.ClH/c1-30(2)17-18-31(28-29-24-19-22(36-3)12-15-26(24)37-28)27(33)21-10-13-23(14-11-21)38(34,35)32-16-6-8-20-7-4-5-9-25(20)32;/h4-5,7,9-15,19H,6,8,16-18H2,1-3H3;1H. The molecular weight excluding hydrogens is 556 g/mol. The molecule has 4 aromatic rings. The maximum Gasteiger partial charge on any atom is 0.264 e. The fourth-order valence-corrected chi connectivity index (χ4v) is 7.03. The van der Waals surface area contributed by atoms with Crippen LogP contribution in [0.4, 0.5) is 10.8 Å². The number of nitrogens with zero attached hydrogens (tertiary/aromatic N) is 4. The zero-order valence-electron chi connectivity index (χ0n) is 22.0. The van der Waals surface area contributed by atoms with Gasteiger partial charge in [-0.05, 0) is 75.0 Å². The van der Waals surface area contributed by atoms with Crippen LogP contribution in [-0.2, 0) is 16.4 Å². The number of thiazole rings is 1. The van der Waals surface area contributed by atoms with Crippen LogP contribution < -0.4 is 13.9 Å². The monoisotopic (exact) mass is 586 g/mol. The van der Waals surface area contributed by atoms with Crippen molar-refractivity contribution in [2.24, 2.45) is 0 Å². The second-order valence-electron chi connectivity index (χ2n) is 9.42. The maximum absolute atomic E-state index is 13.7. The molecule has 0 unspecified atom stereocenters. The van der Waals surface area contributed by atoms with Crippen molar-refractivity contribution in [2.45, 2.75) is 17.7 Å². The van der Waals surface area contributed by atoms with E-state index in [-0.39, 0.29) is 23.2 Å². The molecule has 5 rings (SSSR count). The number of fused-ring (bicyclic) bond motifs is 2. The molecule has 0 bridgehead atoms. The van der Waals surface area contributed by atoms with E-state index in [1.807, 2.05) is 61.5 Å². The van der Waals surface area contributed by atoms with E-state index in [0.29, 0.717) is 36.1 Å². The zero-order valence-corrected chi connectivity index (χ0v) is 24.5. The number of aromatic nitrogens is 1. The molecule has 0 saturated heterocycles. The van der Waals surface area contributed by atoms with Gasteiger partial charge in [-0.1, -0.05) is 29.5 Å². The first kappa shape index (κ1) is 28.8. The minimum atomic E-state index is -3.76. The van der Waals surface area contributed by atoms with Crippen molar-refractivity contribution in [2.75, 3.05) is 50.0 Å². The van der Waals surface area contributed by atoms with E-state index in [1.165, 1.54) is 27.8 Å². The number of ether oxygens (including phenoxy) is 1. The molecule has 0 N–H and O–H groups in total. The van der Waals surface area contributed by atoms with Gasteiger partial charge < -0.3 is 9.64 Å². The Morgan fingerprint density at radius 2 is 1.79 bits per heavy atom. The van der Waals surface area contributed by atoms with Crippen LogP contribution in [0, 0.1) is 0 Å². The van der Waals surface area contributed by atoms with E-state index in [0.717, 1.165) is 34.3 Å². The van der Waals surface area contributed by atoms with Crippen LogP contribution in [0.1, 0.15) is 22.3 Å². The average molecular weight is 587 g/mol. The number of para-hydroxylation sites is 1. The molecule has 1 aliphatic heterocycles. The van der Waals surface area contributed by atoms with Gasteiger partial charge in [0.05, 0.1) is 27.9 Å². The third-order valence-electron chi connectivity index (χ3n) is 6.59. The Labute approximate surface area is 239 Å². The molecule has 0 aliphatic carbocycles. The molecule has 1 amide bonds. The number of likely N-dealkylation sites (N-methyl/N-ethyl adjacent to an activating group) is 1. The fourth-order valence-electron chi connectivity index (χ4n) is 4.52. The summed E-state index contributed by atoms with van der Waals surface area (Å²) in [5.74, 6) is 0.471. The van der Waals surface area contributed by atoms with Crippen LogP contribution in [0.25, 0.3) is 10.2 Å². The van der Waals surface area contributed by atoms with Gasteiger partial charge in [0.25, 0.3) is 15.9 Å². The van der Waals surface area contributed by atoms with Crippen LogP contribution in [0.5, 0.6) is 5.75 Å². The maximum atomic E-state index is 13.7. The molecule has 2 heterocycles. The van der Waals surface area contributed by atoms with Crippen molar-refractivity contribution < 1.29 is 17.9 Å². The molecule has 0 spiro atoms. The number of methoxy groups -OCH3 is 1. The van der Waals surface area contributed by atoms with Gasteiger partial charge in [-0.3, -0.25) is 14.0 Å². The van der Waals surface area contributed by atoms with Crippen LogP contribution in [0.15, 0.2) is 71.6 Å². The highest BCUT2D eigenvalue weighted by molar-refractivity contribution is 7.92. The SMILES string of the molecule is COc1ccc2sc(N(CCN(C)C)C(=O)c3ccc(S(=O)(=O)N4CCCc5ccccc54)cc3)nc2c1.Cl. The number of halogens is 1. The largest absolute Gasteiger partial charge is 0.497 e. The lowest BCUT2D eigenvalue weighted by atomic mass is 10.0. The molecule has 8 nitrogen and oxygen atoms in total. The summed E-state index contributed by atoms with van der Waals surface area (Å²) in [5.41, 5.74) is 2.91. The summed E-state index contributed by atoms with van der Waals surface area (Å²) in [6, 6.07) is 19.5. The summed E-state index contributed by atoms with van der Waals surface area (Å²) in [6.07, 6.45) is 1.62. The van der Waals surface area contributed by atoms with E-state index >= 15 is 0 Å². The molecule has 0 fully saturated rings. The molecule has 11 heteroatoms. The molecule has 0 saturated carbocycles. The summed E-state index contributed by atoms with van der Waals surface area (Å²) in [5, 5.41) is 0.585. The average Bonchev–Trinajstić information content (AvgIpc) is 3.35. The first-order chi connectivity index (χ1) is 18.3. The summed E-state index contributed by atoms with van der Waals surface area (Å²) < 4.78 is 34.8. The minimum Gasteiger partial charge on any atom is -0.497 e. The Morgan fingerprint density at radius 3 is 2.51 bits per heavy atom. The molecular formula is C28H31ClN4O4S2. The number of carbonyl (C=O) groups excluding carboxylic acids is 1. The van der Waals surface area contributed by atoms with E-state index in [4.69, 9.17) is 9.72 Å². The molecule has 0 atom stereocenters. The number of carbonyl (C=O) groups is 1. The summed E-state index contributed by atoms with van der Waals surface area (Å²) in [4.78, 5) is 22.2. The lowest BCUT2D eigenvalue weighted by molar-refractivity contribution is 0.0985. The third-order valence-corrected chi connectivity index (χ3v) is 9.47. The van der Waals surface area contributed by atoms with Gasteiger partial charge in [-0.25, -0.2) is 13.4 Å². The molecule has 0 radical (unpaired) electrons. The molecule has 1 aliphatic rings. The highest BCUT2D eigenvalue weighted by Gasteiger charge is 2.29. The second-order valence-corrected chi connectivity index (χ2v) is 12.3. The number of rotatable bonds is 8. The third kappa shape index (κ3) is 5.89. The topological polar surface area (TPSA) is 83.0 Å². The smallest absolute Gasteiger partial charge is 0.264 e.